The van der Waals surface area contributed by atoms with E-state index in [9.17, 15) is 4.79 Å². The van der Waals surface area contributed by atoms with Crippen LogP contribution in [0.5, 0.6) is 5.75 Å². The molecule has 16 heavy (non-hydrogen) atoms. The molecule has 3 nitrogen and oxygen atoms in total. The number of aryl methyl sites for hydroxylation is 1. The van der Waals surface area contributed by atoms with Crippen molar-refractivity contribution in [3.05, 3.63) is 29.3 Å². The zero-order valence-electron chi connectivity index (χ0n) is 9.82. The molecule has 0 unspecified atom stereocenters. The summed E-state index contributed by atoms with van der Waals surface area (Å²) < 4.78 is 4.71. The van der Waals surface area contributed by atoms with Gasteiger partial charge in [0.15, 0.2) is 0 Å². The summed E-state index contributed by atoms with van der Waals surface area (Å²) in [5, 5.41) is 8.57. The van der Waals surface area contributed by atoms with Crippen molar-refractivity contribution in [3.63, 3.8) is 0 Å². The number of benzene rings is 1. The van der Waals surface area contributed by atoms with Crippen LogP contribution in [0.2, 0.25) is 0 Å². The zero-order chi connectivity index (χ0) is 12.0. The molecule has 1 aromatic carbocycles. The minimum atomic E-state index is -1.26. The minimum absolute atomic E-state index is 0.446. The standard InChI is InChI=1S/C13H18O3/c1-3-4-5-7-11-8-6-9-12(10(11)2)16-13(14)15/h6,8-9H,3-5,7H2,1-2H3,(H,14,15). The Morgan fingerprint density at radius 1 is 1.38 bits per heavy atom. The van der Waals surface area contributed by atoms with Crippen LogP contribution < -0.4 is 4.74 Å². The maximum absolute atomic E-state index is 10.5. The maximum atomic E-state index is 10.5. The number of rotatable bonds is 5. The second kappa shape index (κ2) is 6.16. The van der Waals surface area contributed by atoms with E-state index in [1.807, 2.05) is 19.1 Å². The molecule has 0 fully saturated rings. The lowest BCUT2D eigenvalue weighted by atomic mass is 10.0. The molecule has 1 N–H and O–H groups in total. The van der Waals surface area contributed by atoms with Crippen LogP contribution in [0.3, 0.4) is 0 Å². The molecule has 1 rings (SSSR count). The van der Waals surface area contributed by atoms with Gasteiger partial charge < -0.3 is 9.84 Å². The molecule has 0 bridgehead atoms. The van der Waals surface area contributed by atoms with Gasteiger partial charge in [-0.05, 0) is 37.0 Å². The number of ether oxygens (including phenoxy) is 1. The van der Waals surface area contributed by atoms with E-state index < -0.39 is 6.16 Å². The molecule has 0 aliphatic heterocycles. The first-order valence-electron chi connectivity index (χ1n) is 5.64. The second-order valence-corrected chi connectivity index (χ2v) is 3.87. The predicted octanol–water partition coefficient (Wildman–Crippen LogP) is 3.78. The van der Waals surface area contributed by atoms with E-state index in [0.717, 1.165) is 18.4 Å². The molecule has 0 saturated heterocycles. The summed E-state index contributed by atoms with van der Waals surface area (Å²) >= 11 is 0. The monoisotopic (exact) mass is 222 g/mol. The van der Waals surface area contributed by atoms with Gasteiger partial charge in [0, 0.05) is 0 Å². The third kappa shape index (κ3) is 3.57. The quantitative estimate of drug-likeness (QED) is 0.468. The highest BCUT2D eigenvalue weighted by atomic mass is 16.7. The molecule has 3 heteroatoms. The average Bonchev–Trinajstić information content (AvgIpc) is 2.23. The maximum Gasteiger partial charge on any atom is 0.511 e. The van der Waals surface area contributed by atoms with Crippen LogP contribution in [0.15, 0.2) is 18.2 Å². The van der Waals surface area contributed by atoms with E-state index in [2.05, 4.69) is 6.92 Å². The lowest BCUT2D eigenvalue weighted by molar-refractivity contribution is 0.144. The lowest BCUT2D eigenvalue weighted by Gasteiger charge is -2.09. The van der Waals surface area contributed by atoms with E-state index >= 15 is 0 Å². The largest absolute Gasteiger partial charge is 0.511 e. The second-order valence-electron chi connectivity index (χ2n) is 3.87. The van der Waals surface area contributed by atoms with E-state index in [-0.39, 0.29) is 0 Å². The molecule has 0 heterocycles. The van der Waals surface area contributed by atoms with Gasteiger partial charge in [-0.1, -0.05) is 31.9 Å². The van der Waals surface area contributed by atoms with Gasteiger partial charge in [-0.15, -0.1) is 0 Å². The number of hydrogen-bond donors (Lipinski definition) is 1. The summed E-state index contributed by atoms with van der Waals surface area (Å²) in [6.07, 6.45) is 3.24. The van der Waals surface area contributed by atoms with E-state index in [1.165, 1.54) is 18.4 Å². The molecule has 0 saturated carbocycles. The van der Waals surface area contributed by atoms with Gasteiger partial charge in [0.05, 0.1) is 0 Å². The highest BCUT2D eigenvalue weighted by Crippen LogP contribution is 2.23. The van der Waals surface area contributed by atoms with E-state index in [4.69, 9.17) is 9.84 Å². The molecule has 0 aliphatic rings. The Kier molecular flexibility index (Phi) is 4.83. The SMILES string of the molecule is CCCCCc1cccc(OC(=O)O)c1C. The number of hydrogen-bond acceptors (Lipinski definition) is 2. The smallest absolute Gasteiger partial charge is 0.449 e. The van der Waals surface area contributed by atoms with Gasteiger partial charge in [-0.3, -0.25) is 0 Å². The summed E-state index contributed by atoms with van der Waals surface area (Å²) in [5.74, 6) is 0.446. The fraction of sp³-hybridized carbons (Fsp3) is 0.462. The van der Waals surface area contributed by atoms with Crippen LogP contribution in [0.25, 0.3) is 0 Å². The average molecular weight is 222 g/mol. The minimum Gasteiger partial charge on any atom is -0.449 e. The highest BCUT2D eigenvalue weighted by molar-refractivity contribution is 5.62. The summed E-state index contributed by atoms with van der Waals surface area (Å²) in [4.78, 5) is 10.5. The lowest BCUT2D eigenvalue weighted by Crippen LogP contribution is -2.05. The molecule has 1 aromatic rings. The summed E-state index contributed by atoms with van der Waals surface area (Å²) in [7, 11) is 0. The molecule has 88 valence electrons. The Balaban J connectivity index is 2.74. The first kappa shape index (κ1) is 12.6. The fourth-order valence-corrected chi connectivity index (χ4v) is 1.70. The van der Waals surface area contributed by atoms with Gasteiger partial charge in [0.1, 0.15) is 5.75 Å². The van der Waals surface area contributed by atoms with Crippen LogP contribution >= 0.6 is 0 Å². The Morgan fingerprint density at radius 2 is 2.12 bits per heavy atom. The Morgan fingerprint density at radius 3 is 2.75 bits per heavy atom. The van der Waals surface area contributed by atoms with Crippen molar-refractivity contribution in [2.75, 3.05) is 0 Å². The van der Waals surface area contributed by atoms with E-state index in [0.29, 0.717) is 5.75 Å². The topological polar surface area (TPSA) is 46.5 Å². The first-order valence-corrected chi connectivity index (χ1v) is 5.64. The molecule has 0 spiro atoms. The first-order chi connectivity index (χ1) is 7.65. The van der Waals surface area contributed by atoms with Crippen molar-refractivity contribution in [2.45, 2.75) is 39.5 Å². The van der Waals surface area contributed by atoms with Gasteiger partial charge in [0.25, 0.3) is 0 Å². The molecule has 0 aliphatic carbocycles. The highest BCUT2D eigenvalue weighted by Gasteiger charge is 2.07. The zero-order valence-corrected chi connectivity index (χ0v) is 9.82. The van der Waals surface area contributed by atoms with Gasteiger partial charge in [-0.25, -0.2) is 4.79 Å². The van der Waals surface area contributed by atoms with Crippen LogP contribution in [0, 0.1) is 6.92 Å². The summed E-state index contributed by atoms with van der Waals surface area (Å²) in [5.41, 5.74) is 2.10. The van der Waals surface area contributed by atoms with Gasteiger partial charge in [0.2, 0.25) is 0 Å². The summed E-state index contributed by atoms with van der Waals surface area (Å²) in [6.45, 7) is 4.07. The normalized spacial score (nSPS) is 10.1. The van der Waals surface area contributed by atoms with Crippen molar-refractivity contribution < 1.29 is 14.6 Å². The molecule has 0 amide bonds. The molecular formula is C13H18O3. The number of carboxylic acid groups (broad SMARTS) is 1. The third-order valence-electron chi connectivity index (χ3n) is 2.64. The summed E-state index contributed by atoms with van der Waals surface area (Å²) in [6, 6.07) is 5.55. The van der Waals surface area contributed by atoms with Crippen molar-refractivity contribution in [3.8, 4) is 5.75 Å². The van der Waals surface area contributed by atoms with Crippen molar-refractivity contribution in [1.82, 2.24) is 0 Å². The Labute approximate surface area is 96.1 Å². The van der Waals surface area contributed by atoms with Crippen LogP contribution in [-0.4, -0.2) is 11.3 Å². The van der Waals surface area contributed by atoms with Crippen molar-refractivity contribution in [1.29, 1.82) is 0 Å². The van der Waals surface area contributed by atoms with Gasteiger partial charge in [-0.2, -0.15) is 0 Å². The van der Waals surface area contributed by atoms with Crippen LogP contribution in [0.4, 0.5) is 4.79 Å². The molecule has 0 radical (unpaired) electrons. The van der Waals surface area contributed by atoms with Crippen LogP contribution in [0.1, 0.15) is 37.3 Å². The van der Waals surface area contributed by atoms with Crippen molar-refractivity contribution in [2.24, 2.45) is 0 Å². The third-order valence-corrected chi connectivity index (χ3v) is 2.64. The Bertz CT molecular complexity index is 358. The Hall–Kier alpha value is -1.51. The predicted molar refractivity (Wildman–Crippen MR) is 63.1 cm³/mol. The molecule has 0 atom stereocenters. The molecule has 0 aromatic heterocycles. The van der Waals surface area contributed by atoms with E-state index in [1.54, 1.807) is 6.07 Å². The van der Waals surface area contributed by atoms with Gasteiger partial charge >= 0.3 is 6.16 Å². The fourth-order valence-electron chi connectivity index (χ4n) is 1.70. The van der Waals surface area contributed by atoms with Crippen LogP contribution in [-0.2, 0) is 6.42 Å². The number of carbonyl (C=O) groups is 1. The number of unbranched alkanes of at least 4 members (excludes halogenated alkanes) is 2. The van der Waals surface area contributed by atoms with Crippen molar-refractivity contribution >= 4 is 6.16 Å². The molecular weight excluding hydrogens is 204 g/mol.